The second-order valence-corrected chi connectivity index (χ2v) is 12.9. The van der Waals surface area contributed by atoms with E-state index in [4.69, 9.17) is 4.98 Å². The van der Waals surface area contributed by atoms with Crippen molar-refractivity contribution in [2.24, 2.45) is 5.92 Å². The minimum absolute atomic E-state index is 0.0854. The number of hydrogen-bond donors (Lipinski definition) is 0. The summed E-state index contributed by atoms with van der Waals surface area (Å²) in [6, 6.07) is 8.33. The van der Waals surface area contributed by atoms with Crippen molar-refractivity contribution < 1.29 is 4.79 Å². The molecule has 1 aliphatic heterocycles. The van der Waals surface area contributed by atoms with E-state index in [1.54, 1.807) is 11.3 Å². The van der Waals surface area contributed by atoms with E-state index in [2.05, 4.69) is 26.8 Å². The van der Waals surface area contributed by atoms with Gasteiger partial charge >= 0.3 is 0 Å². The summed E-state index contributed by atoms with van der Waals surface area (Å²) in [5.74, 6) is 1.03. The number of aryl methyl sites for hydroxylation is 1. The van der Waals surface area contributed by atoms with Gasteiger partial charge in [0.25, 0.3) is 5.56 Å². The van der Waals surface area contributed by atoms with E-state index in [1.165, 1.54) is 53.4 Å². The Labute approximate surface area is 228 Å². The molecule has 2 aromatic heterocycles. The Hall–Kier alpha value is -2.12. The van der Waals surface area contributed by atoms with Crippen LogP contribution in [0.3, 0.4) is 0 Å². The Morgan fingerprint density at radius 2 is 1.89 bits per heavy atom. The van der Waals surface area contributed by atoms with Gasteiger partial charge in [-0.25, -0.2) is 4.98 Å². The van der Waals surface area contributed by atoms with E-state index in [-0.39, 0.29) is 23.3 Å². The highest BCUT2D eigenvalue weighted by molar-refractivity contribution is 7.99. The van der Waals surface area contributed by atoms with Gasteiger partial charge in [0.15, 0.2) is 5.16 Å². The molecular weight excluding hydrogens is 498 g/mol. The van der Waals surface area contributed by atoms with Crippen molar-refractivity contribution in [3.8, 4) is 0 Å². The van der Waals surface area contributed by atoms with E-state index in [9.17, 15) is 9.59 Å². The molecule has 5 nitrogen and oxygen atoms in total. The molecule has 0 saturated carbocycles. The monoisotopic (exact) mass is 537 g/mol. The molecule has 0 radical (unpaired) electrons. The molecule has 3 aromatic rings. The SMILES string of the molecule is CCCCCCCCn1c(SCC(=O)N2c3ccccc3CC2C)nc2sc3c(c2c1=O)CCC(C)C3. The van der Waals surface area contributed by atoms with Gasteiger partial charge < -0.3 is 4.90 Å². The predicted molar refractivity (Wildman–Crippen MR) is 156 cm³/mol. The van der Waals surface area contributed by atoms with Crippen molar-refractivity contribution >= 4 is 44.9 Å². The Balaban J connectivity index is 1.40. The molecule has 0 N–H and O–H groups in total. The third kappa shape index (κ3) is 5.53. The number of anilines is 1. The summed E-state index contributed by atoms with van der Waals surface area (Å²) < 4.78 is 1.88. The predicted octanol–water partition coefficient (Wildman–Crippen LogP) is 7.01. The van der Waals surface area contributed by atoms with Gasteiger partial charge in [0, 0.05) is 23.2 Å². The number of amides is 1. The fraction of sp³-hybridized carbons (Fsp3) is 0.567. The van der Waals surface area contributed by atoms with E-state index in [0.29, 0.717) is 17.6 Å². The summed E-state index contributed by atoms with van der Waals surface area (Å²) in [5.41, 5.74) is 3.59. The van der Waals surface area contributed by atoms with Crippen LogP contribution in [-0.4, -0.2) is 27.3 Å². The van der Waals surface area contributed by atoms with Gasteiger partial charge in [0.2, 0.25) is 5.91 Å². The molecule has 37 heavy (non-hydrogen) atoms. The molecule has 0 spiro atoms. The van der Waals surface area contributed by atoms with Crippen molar-refractivity contribution in [3.05, 3.63) is 50.6 Å². The smallest absolute Gasteiger partial charge is 0.263 e. The third-order valence-corrected chi connectivity index (χ3v) is 10.0. The topological polar surface area (TPSA) is 55.2 Å². The second-order valence-electron chi connectivity index (χ2n) is 10.9. The lowest BCUT2D eigenvalue weighted by molar-refractivity contribution is -0.116. The summed E-state index contributed by atoms with van der Waals surface area (Å²) in [5, 5.41) is 1.54. The largest absolute Gasteiger partial charge is 0.308 e. The molecule has 7 heteroatoms. The Morgan fingerprint density at radius 3 is 2.73 bits per heavy atom. The highest BCUT2D eigenvalue weighted by Crippen LogP contribution is 2.37. The number of rotatable bonds is 10. The zero-order valence-electron chi connectivity index (χ0n) is 22.4. The quantitative estimate of drug-likeness (QED) is 0.159. The number of thioether (sulfide) groups is 1. The zero-order valence-corrected chi connectivity index (χ0v) is 24.1. The normalized spacial score (nSPS) is 18.8. The number of unbranched alkanes of at least 4 members (excludes halogenated alkanes) is 5. The number of aromatic nitrogens is 2. The summed E-state index contributed by atoms with van der Waals surface area (Å²) in [4.78, 5) is 36.4. The molecule has 0 fully saturated rings. The molecule has 198 valence electrons. The van der Waals surface area contributed by atoms with Crippen LogP contribution in [0.25, 0.3) is 10.2 Å². The first-order valence-electron chi connectivity index (χ1n) is 14.1. The average Bonchev–Trinajstić information content (AvgIpc) is 3.41. The highest BCUT2D eigenvalue weighted by atomic mass is 32.2. The van der Waals surface area contributed by atoms with Crippen LogP contribution in [0.4, 0.5) is 5.69 Å². The number of carbonyl (C=O) groups is 1. The molecule has 1 aliphatic carbocycles. The summed E-state index contributed by atoms with van der Waals surface area (Å²) in [6.45, 7) is 7.31. The van der Waals surface area contributed by atoms with Crippen molar-refractivity contribution in [1.29, 1.82) is 0 Å². The van der Waals surface area contributed by atoms with Crippen molar-refractivity contribution in [3.63, 3.8) is 0 Å². The molecule has 0 bridgehead atoms. The summed E-state index contributed by atoms with van der Waals surface area (Å²) in [7, 11) is 0. The van der Waals surface area contributed by atoms with E-state index >= 15 is 0 Å². The van der Waals surface area contributed by atoms with E-state index in [0.717, 1.165) is 54.4 Å². The Morgan fingerprint density at radius 1 is 1.11 bits per heavy atom. The van der Waals surface area contributed by atoms with Gasteiger partial charge in [0.05, 0.1) is 11.1 Å². The second kappa shape index (κ2) is 11.7. The lowest BCUT2D eigenvalue weighted by Gasteiger charge is -2.22. The molecule has 5 rings (SSSR count). The standard InChI is InChI=1S/C30H39N3O2S2/c1-4-5-6-7-8-11-16-32-29(35)27-23-15-14-20(2)17-25(23)37-28(27)31-30(32)36-19-26(34)33-21(3)18-22-12-9-10-13-24(22)33/h9-10,12-13,20-21H,4-8,11,14-19H2,1-3H3. The maximum absolute atomic E-state index is 13.9. The molecular formula is C30H39N3O2S2. The van der Waals surface area contributed by atoms with Crippen molar-refractivity contribution in [2.75, 3.05) is 10.7 Å². The summed E-state index contributed by atoms with van der Waals surface area (Å²) >= 11 is 3.13. The number of carbonyl (C=O) groups excluding carboxylic acids is 1. The van der Waals surface area contributed by atoms with Crippen LogP contribution in [0, 0.1) is 5.92 Å². The van der Waals surface area contributed by atoms with Crippen LogP contribution in [0.1, 0.15) is 81.7 Å². The number of hydrogen-bond acceptors (Lipinski definition) is 5. The number of nitrogens with zero attached hydrogens (tertiary/aromatic N) is 3. The summed E-state index contributed by atoms with van der Waals surface area (Å²) in [6.07, 6.45) is 11.1. The fourth-order valence-electron chi connectivity index (χ4n) is 5.90. The van der Waals surface area contributed by atoms with Crippen molar-refractivity contribution in [1.82, 2.24) is 9.55 Å². The van der Waals surface area contributed by atoms with Crippen LogP contribution in [0.15, 0.2) is 34.2 Å². The maximum Gasteiger partial charge on any atom is 0.263 e. The molecule has 2 aliphatic rings. The molecule has 1 aromatic carbocycles. The first-order chi connectivity index (χ1) is 18.0. The minimum atomic E-state index is 0.0854. The lowest BCUT2D eigenvalue weighted by Crippen LogP contribution is -2.37. The van der Waals surface area contributed by atoms with Crippen LogP contribution in [0.5, 0.6) is 0 Å². The van der Waals surface area contributed by atoms with Gasteiger partial charge in [0.1, 0.15) is 4.83 Å². The van der Waals surface area contributed by atoms with Crippen LogP contribution >= 0.6 is 23.1 Å². The lowest BCUT2D eigenvalue weighted by atomic mass is 9.89. The minimum Gasteiger partial charge on any atom is -0.308 e. The number of para-hydroxylation sites is 1. The maximum atomic E-state index is 13.9. The van der Waals surface area contributed by atoms with Gasteiger partial charge in [-0.05, 0) is 62.1 Å². The molecule has 3 heterocycles. The first-order valence-corrected chi connectivity index (χ1v) is 15.9. The fourth-order valence-corrected chi connectivity index (χ4v) is 8.21. The highest BCUT2D eigenvalue weighted by Gasteiger charge is 2.31. The van der Waals surface area contributed by atoms with Gasteiger partial charge in [-0.15, -0.1) is 11.3 Å². The molecule has 1 amide bonds. The third-order valence-electron chi connectivity index (χ3n) is 7.92. The Kier molecular flexibility index (Phi) is 8.40. The Bertz CT molecular complexity index is 1330. The molecule has 2 atom stereocenters. The van der Waals surface area contributed by atoms with Crippen LogP contribution in [0.2, 0.25) is 0 Å². The average molecular weight is 538 g/mol. The number of fused-ring (bicyclic) bond motifs is 4. The van der Waals surface area contributed by atoms with Gasteiger partial charge in [-0.1, -0.05) is 75.9 Å². The van der Waals surface area contributed by atoms with Crippen LogP contribution < -0.4 is 10.5 Å². The van der Waals surface area contributed by atoms with Crippen LogP contribution in [-0.2, 0) is 30.6 Å². The van der Waals surface area contributed by atoms with E-state index < -0.39 is 0 Å². The van der Waals surface area contributed by atoms with Crippen molar-refractivity contribution in [2.45, 2.75) is 103 Å². The zero-order chi connectivity index (χ0) is 25.9. The van der Waals surface area contributed by atoms with Gasteiger partial charge in [-0.3, -0.25) is 14.2 Å². The number of thiophene rings is 1. The number of benzene rings is 1. The van der Waals surface area contributed by atoms with E-state index in [1.807, 2.05) is 27.7 Å². The molecule has 2 unspecified atom stereocenters. The first kappa shape index (κ1) is 26.5. The molecule has 0 saturated heterocycles. The van der Waals surface area contributed by atoms with Gasteiger partial charge in [-0.2, -0.15) is 0 Å².